The normalized spacial score (nSPS) is 12.9. The molecular weight excluding hydrogens is 785 g/mol. The first-order valence-corrected chi connectivity index (χ1v) is 21.2. The van der Waals surface area contributed by atoms with Gasteiger partial charge in [-0.2, -0.15) is 0 Å². The van der Waals surface area contributed by atoms with E-state index in [9.17, 15) is 36.0 Å². The topological polar surface area (TPSA) is 191 Å². The minimum absolute atomic E-state index is 0.00233. The molecule has 14 nitrogen and oxygen atoms in total. The van der Waals surface area contributed by atoms with E-state index in [1.165, 1.54) is 72.8 Å². The summed E-state index contributed by atoms with van der Waals surface area (Å²) in [5.41, 5.74) is 6.76. The second-order valence-corrected chi connectivity index (χ2v) is 18.1. The van der Waals surface area contributed by atoms with Crippen molar-refractivity contribution >= 4 is 77.3 Å². The highest BCUT2D eigenvalue weighted by Crippen LogP contribution is 2.39. The lowest BCUT2D eigenvalue weighted by Gasteiger charge is -2.29. The van der Waals surface area contributed by atoms with E-state index in [-0.39, 0.29) is 73.8 Å². The molecule has 0 spiro atoms. The number of nitrogen functional groups attached to an aromatic ring is 1. The number of anilines is 4. The zero-order chi connectivity index (χ0) is 41.9. The Balaban J connectivity index is 1.45. The Morgan fingerprint density at radius 3 is 1.36 bits per heavy atom. The van der Waals surface area contributed by atoms with E-state index >= 15 is 0 Å². The molecule has 58 heavy (non-hydrogen) atoms. The molecule has 5 aromatic carbocycles. The predicted octanol–water partition coefficient (Wildman–Crippen LogP) is 6.01. The van der Waals surface area contributed by atoms with Gasteiger partial charge in [0.25, 0.3) is 31.9 Å². The average Bonchev–Trinajstić information content (AvgIpc) is 3.45. The molecule has 16 heteroatoms. The van der Waals surface area contributed by atoms with Crippen LogP contribution in [-0.4, -0.2) is 66.9 Å². The second-order valence-electron chi connectivity index (χ2n) is 14.4. The van der Waals surface area contributed by atoms with E-state index in [4.69, 9.17) is 15.2 Å². The number of carbonyl (C=O) groups is 4. The van der Waals surface area contributed by atoms with E-state index in [2.05, 4.69) is 0 Å². The van der Waals surface area contributed by atoms with Crippen molar-refractivity contribution < 1.29 is 45.5 Å². The predicted molar refractivity (Wildman–Crippen MR) is 219 cm³/mol. The number of carbonyl (C=O) groups excluding carboxylic acids is 4. The fourth-order valence-electron chi connectivity index (χ4n) is 6.23. The van der Waals surface area contributed by atoms with Gasteiger partial charge in [-0.05, 0) is 84.6 Å². The van der Waals surface area contributed by atoms with Gasteiger partial charge < -0.3 is 15.2 Å². The van der Waals surface area contributed by atoms with Gasteiger partial charge in [0, 0.05) is 16.5 Å². The van der Waals surface area contributed by atoms with Crippen molar-refractivity contribution in [3.63, 3.8) is 0 Å². The number of nitrogens with zero attached hydrogens (tertiary/aromatic N) is 3. The SMILES string of the molecule is CC(C)COC(=O)CN(c1ccc(N(CC(=O)OCC(C)C)S(=O)(=O)c2ccc(N3C(=O)c4ccccc4C3=O)cc2)c2ccccc12)S(=O)(=O)c1ccc(N)cc1. The van der Waals surface area contributed by atoms with Gasteiger partial charge in [-0.15, -0.1) is 0 Å². The Bertz CT molecular complexity index is 2580. The van der Waals surface area contributed by atoms with Gasteiger partial charge in [0.1, 0.15) is 13.1 Å². The highest BCUT2D eigenvalue weighted by atomic mass is 32.2. The molecule has 0 saturated heterocycles. The number of hydrogen-bond acceptors (Lipinski definition) is 11. The van der Waals surface area contributed by atoms with Crippen molar-refractivity contribution in [2.75, 3.05) is 45.5 Å². The molecule has 0 fully saturated rings. The minimum Gasteiger partial charge on any atom is -0.464 e. The Hall–Kier alpha value is -6.26. The molecule has 1 aliphatic rings. The summed E-state index contributed by atoms with van der Waals surface area (Å²) in [4.78, 5) is 53.3. The van der Waals surface area contributed by atoms with Gasteiger partial charge in [0.05, 0.1) is 51.2 Å². The smallest absolute Gasteiger partial charge is 0.326 e. The van der Waals surface area contributed by atoms with Gasteiger partial charge in [-0.1, -0.05) is 64.1 Å². The van der Waals surface area contributed by atoms with Crippen LogP contribution in [0.4, 0.5) is 22.7 Å². The van der Waals surface area contributed by atoms with Gasteiger partial charge in [0.2, 0.25) is 0 Å². The maximum atomic E-state index is 14.6. The fraction of sp³-hybridized carbons (Fsp3) is 0.238. The largest absolute Gasteiger partial charge is 0.464 e. The van der Waals surface area contributed by atoms with E-state index in [1.54, 1.807) is 36.4 Å². The zero-order valence-corrected chi connectivity index (χ0v) is 33.8. The van der Waals surface area contributed by atoms with Crippen LogP contribution < -0.4 is 19.2 Å². The summed E-state index contributed by atoms with van der Waals surface area (Å²) < 4.78 is 70.4. The summed E-state index contributed by atoms with van der Waals surface area (Å²) in [6, 6.07) is 26.0. The van der Waals surface area contributed by atoms with E-state index < -0.39 is 56.9 Å². The minimum atomic E-state index is -4.62. The van der Waals surface area contributed by atoms with Gasteiger partial charge in [-0.3, -0.25) is 27.8 Å². The van der Waals surface area contributed by atoms with Crippen LogP contribution in [0.5, 0.6) is 0 Å². The molecule has 0 saturated carbocycles. The first-order chi connectivity index (χ1) is 27.5. The Morgan fingerprint density at radius 2 is 0.966 bits per heavy atom. The number of rotatable bonds is 15. The van der Waals surface area contributed by atoms with Crippen molar-refractivity contribution in [1.82, 2.24) is 0 Å². The van der Waals surface area contributed by atoms with Gasteiger partial charge in [0.15, 0.2) is 0 Å². The molecule has 5 aromatic rings. The summed E-state index contributed by atoms with van der Waals surface area (Å²) >= 11 is 0. The van der Waals surface area contributed by atoms with E-state index in [0.717, 1.165) is 13.5 Å². The molecule has 0 atom stereocenters. The quantitative estimate of drug-likeness (QED) is 0.0739. The average molecular weight is 827 g/mol. The number of ether oxygens (including phenoxy) is 2. The molecule has 2 N–H and O–H groups in total. The third-order valence-electron chi connectivity index (χ3n) is 9.06. The number of hydrogen-bond donors (Lipinski definition) is 1. The first kappa shape index (κ1) is 41.4. The summed E-state index contributed by atoms with van der Waals surface area (Å²) in [5.74, 6) is -2.86. The van der Waals surface area contributed by atoms with Crippen LogP contribution in [0.2, 0.25) is 0 Å². The molecule has 0 bridgehead atoms. The summed E-state index contributed by atoms with van der Waals surface area (Å²) in [7, 11) is -9.07. The van der Waals surface area contributed by atoms with E-state index in [0.29, 0.717) is 5.69 Å². The molecule has 1 heterocycles. The van der Waals surface area contributed by atoms with Crippen molar-refractivity contribution in [3.8, 4) is 0 Å². The van der Waals surface area contributed by atoms with Gasteiger partial charge in [-0.25, -0.2) is 21.7 Å². The fourth-order valence-corrected chi connectivity index (χ4v) is 9.09. The lowest BCUT2D eigenvalue weighted by atomic mass is 10.1. The summed E-state index contributed by atoms with van der Waals surface area (Å²) in [6.45, 7) is 5.91. The van der Waals surface area contributed by atoms with Crippen molar-refractivity contribution in [2.45, 2.75) is 37.5 Å². The first-order valence-electron chi connectivity index (χ1n) is 18.3. The van der Waals surface area contributed by atoms with Crippen molar-refractivity contribution in [2.24, 2.45) is 11.8 Å². The number of nitrogens with two attached hydrogens (primary N) is 1. The molecule has 0 aromatic heterocycles. The molecule has 1 aliphatic heterocycles. The Labute approximate surface area is 336 Å². The molecule has 302 valence electrons. The Morgan fingerprint density at radius 1 is 0.586 bits per heavy atom. The lowest BCUT2D eigenvalue weighted by molar-refractivity contribution is -0.143. The highest BCUT2D eigenvalue weighted by Gasteiger charge is 2.37. The van der Waals surface area contributed by atoms with Crippen molar-refractivity contribution in [1.29, 1.82) is 0 Å². The van der Waals surface area contributed by atoms with Crippen molar-refractivity contribution in [3.05, 3.63) is 120 Å². The van der Waals surface area contributed by atoms with Crippen LogP contribution in [-0.2, 0) is 39.1 Å². The van der Waals surface area contributed by atoms with Crippen LogP contribution in [0.15, 0.2) is 119 Å². The monoisotopic (exact) mass is 826 g/mol. The summed E-state index contributed by atoms with van der Waals surface area (Å²) in [6.07, 6.45) is 0. The summed E-state index contributed by atoms with van der Waals surface area (Å²) in [5, 5.41) is 0.448. The Kier molecular flexibility index (Phi) is 11.9. The van der Waals surface area contributed by atoms with Crippen LogP contribution in [0.3, 0.4) is 0 Å². The van der Waals surface area contributed by atoms with Gasteiger partial charge >= 0.3 is 11.9 Å². The zero-order valence-electron chi connectivity index (χ0n) is 32.2. The molecule has 0 unspecified atom stereocenters. The third kappa shape index (κ3) is 8.38. The van der Waals surface area contributed by atoms with Crippen LogP contribution >= 0.6 is 0 Å². The number of benzene rings is 5. The second kappa shape index (κ2) is 16.7. The van der Waals surface area contributed by atoms with Crippen LogP contribution in [0, 0.1) is 11.8 Å². The molecule has 6 rings (SSSR count). The maximum Gasteiger partial charge on any atom is 0.326 e. The van der Waals surface area contributed by atoms with Crippen LogP contribution in [0.25, 0.3) is 10.8 Å². The number of amides is 2. The number of esters is 2. The maximum absolute atomic E-state index is 14.6. The van der Waals surface area contributed by atoms with E-state index in [1.807, 2.05) is 27.7 Å². The molecular formula is C42H42N4O10S2. The molecule has 2 amide bonds. The lowest BCUT2D eigenvalue weighted by Crippen LogP contribution is -2.38. The number of imide groups is 1. The standard InChI is InChI=1S/C42H42N4O10S2/c1-27(2)25-55-39(47)23-44(57(51,52)31-17-13-29(43)14-18-31)37-21-22-38(34-10-6-5-9-33(34)37)45(24-40(48)56-26-28(3)4)58(53,54)32-19-15-30(16-20-32)46-41(49)35-11-7-8-12-36(35)42(46)50/h5-22,27-28H,23-26,43H2,1-4H3. The molecule has 0 radical (unpaired) electrons. The van der Waals surface area contributed by atoms with Crippen LogP contribution in [0.1, 0.15) is 48.4 Å². The third-order valence-corrected chi connectivity index (χ3v) is 12.6. The highest BCUT2D eigenvalue weighted by molar-refractivity contribution is 7.93. The molecule has 0 aliphatic carbocycles. The number of sulfonamides is 2. The number of fused-ring (bicyclic) bond motifs is 2.